The molecule has 1 heterocycles. The molecule has 0 amide bonds. The minimum absolute atomic E-state index is 0.573. The second-order valence-corrected chi connectivity index (χ2v) is 7.09. The Balaban J connectivity index is 1.70. The van der Waals surface area contributed by atoms with Crippen LogP contribution in [-0.4, -0.2) is 9.66 Å². The van der Waals surface area contributed by atoms with Gasteiger partial charge in [-0.3, -0.25) is 17.2 Å². The number of aromatic nitrogens is 2. The highest BCUT2D eigenvalue weighted by atomic mass is 15.4. The van der Waals surface area contributed by atoms with Crippen molar-refractivity contribution in [1.82, 2.24) is 9.66 Å². The van der Waals surface area contributed by atoms with E-state index in [1.165, 1.54) is 5.56 Å². The van der Waals surface area contributed by atoms with E-state index in [-0.39, 0.29) is 0 Å². The first kappa shape index (κ1) is 18.2. The Labute approximate surface area is 164 Å². The van der Waals surface area contributed by atoms with Crippen LogP contribution in [0.4, 0.5) is 0 Å². The molecule has 0 radical (unpaired) electrons. The van der Waals surface area contributed by atoms with Gasteiger partial charge in [-0.1, -0.05) is 60.2 Å². The van der Waals surface area contributed by atoms with E-state index in [0.29, 0.717) is 12.1 Å². The summed E-state index contributed by atoms with van der Waals surface area (Å²) in [5.74, 6) is -0.492. The van der Waals surface area contributed by atoms with Gasteiger partial charge in [0.1, 0.15) is 5.79 Å². The number of fused-ring (bicyclic) bond motifs is 1. The fourth-order valence-electron chi connectivity index (χ4n) is 3.20. The summed E-state index contributed by atoms with van der Waals surface area (Å²) in [4.78, 5) is 4.82. The van der Waals surface area contributed by atoms with Crippen molar-refractivity contribution in [3.05, 3.63) is 89.5 Å². The van der Waals surface area contributed by atoms with E-state index in [9.17, 15) is 0 Å². The van der Waals surface area contributed by atoms with Gasteiger partial charge in [0, 0.05) is 11.1 Å². The first-order chi connectivity index (χ1) is 13.4. The topological polar surface area (TPSA) is 108 Å². The van der Waals surface area contributed by atoms with Crippen molar-refractivity contribution in [2.45, 2.75) is 19.3 Å². The maximum Gasteiger partial charge on any atom is 0.159 e. The minimum atomic E-state index is -1.36. The summed E-state index contributed by atoms with van der Waals surface area (Å²) in [6.07, 6.45) is 0. The van der Waals surface area contributed by atoms with Crippen molar-refractivity contribution < 1.29 is 0 Å². The molecule has 0 bridgehead atoms. The quantitative estimate of drug-likeness (QED) is 0.403. The number of nitrogens with one attached hydrogen (secondary N) is 1. The molecule has 28 heavy (non-hydrogen) atoms. The van der Waals surface area contributed by atoms with E-state index in [4.69, 9.17) is 22.2 Å². The smallest absolute Gasteiger partial charge is 0.159 e. The number of rotatable bonds is 5. The number of aryl methyl sites for hydroxylation is 1. The number of hydrogen-bond donors (Lipinski definition) is 4. The van der Waals surface area contributed by atoms with Gasteiger partial charge in [-0.2, -0.15) is 0 Å². The predicted octanol–water partition coefficient (Wildman–Crippen LogP) is 2.74. The van der Waals surface area contributed by atoms with Gasteiger partial charge in [-0.15, -0.1) is 0 Å². The lowest BCUT2D eigenvalue weighted by Crippen LogP contribution is -2.54. The third-order valence-corrected chi connectivity index (χ3v) is 4.74. The van der Waals surface area contributed by atoms with Crippen molar-refractivity contribution in [2.24, 2.45) is 17.2 Å². The van der Waals surface area contributed by atoms with Crippen molar-refractivity contribution in [2.75, 3.05) is 5.43 Å². The van der Waals surface area contributed by atoms with Crippen LogP contribution < -0.4 is 22.6 Å². The molecule has 0 unspecified atom stereocenters. The molecule has 6 nitrogen and oxygen atoms in total. The Morgan fingerprint density at radius 2 is 1.68 bits per heavy atom. The summed E-state index contributed by atoms with van der Waals surface area (Å²) in [5, 5.41) is 0. The van der Waals surface area contributed by atoms with Crippen LogP contribution in [-0.2, 0) is 12.3 Å². The molecule has 0 aliphatic carbocycles. The van der Waals surface area contributed by atoms with Crippen LogP contribution in [0.1, 0.15) is 16.7 Å². The van der Waals surface area contributed by atoms with E-state index >= 15 is 0 Å². The van der Waals surface area contributed by atoms with Gasteiger partial charge < -0.3 is 5.43 Å². The fourth-order valence-corrected chi connectivity index (χ4v) is 3.20. The number of para-hydroxylation sites is 2. The van der Waals surface area contributed by atoms with Gasteiger partial charge in [0.05, 0.1) is 17.6 Å². The number of nitrogens with zero attached hydrogens (tertiary/aromatic N) is 2. The average Bonchev–Trinajstić information content (AvgIpc) is 3.05. The lowest BCUT2D eigenvalue weighted by atomic mass is 10.1. The Morgan fingerprint density at radius 1 is 0.929 bits per heavy atom. The second-order valence-electron chi connectivity index (χ2n) is 7.09. The predicted molar refractivity (Wildman–Crippen MR) is 114 cm³/mol. The van der Waals surface area contributed by atoms with Crippen LogP contribution in [0, 0.1) is 6.92 Å². The van der Waals surface area contributed by atoms with E-state index in [1.807, 2.05) is 53.2 Å². The summed E-state index contributed by atoms with van der Waals surface area (Å²) in [7, 11) is 0. The molecule has 3 aromatic carbocycles. The zero-order valence-electron chi connectivity index (χ0n) is 15.8. The number of hydrogen-bond acceptors (Lipinski definition) is 5. The monoisotopic (exact) mass is 372 g/mol. The third-order valence-electron chi connectivity index (χ3n) is 4.74. The Hall–Kier alpha value is -3.19. The summed E-state index contributed by atoms with van der Waals surface area (Å²) >= 11 is 0. The molecular weight excluding hydrogens is 348 g/mol. The molecule has 0 fully saturated rings. The molecule has 142 valence electrons. The van der Waals surface area contributed by atoms with Crippen LogP contribution in [0.5, 0.6) is 0 Å². The van der Waals surface area contributed by atoms with Gasteiger partial charge in [-0.25, -0.2) is 9.66 Å². The zero-order chi connectivity index (χ0) is 19.7. The molecule has 0 aliphatic rings. The lowest BCUT2D eigenvalue weighted by molar-refractivity contribution is 0.488. The third kappa shape index (κ3) is 3.61. The molecule has 0 atom stereocenters. The fraction of sp³-hybridized carbons (Fsp3) is 0.136. The molecule has 0 saturated heterocycles. The van der Waals surface area contributed by atoms with E-state index in [1.54, 1.807) is 0 Å². The first-order valence-electron chi connectivity index (χ1n) is 9.16. The highest BCUT2D eigenvalue weighted by molar-refractivity contribution is 5.81. The minimum Gasteiger partial charge on any atom is -0.319 e. The molecule has 4 aromatic rings. The maximum atomic E-state index is 5.82. The van der Waals surface area contributed by atoms with Gasteiger partial charge in [0.15, 0.2) is 5.82 Å². The molecular formula is C22H24N6. The number of nitrogens with two attached hydrogens (primary N) is 3. The van der Waals surface area contributed by atoms with Crippen LogP contribution in [0.3, 0.4) is 0 Å². The van der Waals surface area contributed by atoms with E-state index in [0.717, 1.165) is 28.0 Å². The van der Waals surface area contributed by atoms with Gasteiger partial charge in [0.2, 0.25) is 0 Å². The summed E-state index contributed by atoms with van der Waals surface area (Å²) in [6, 6.07) is 24.1. The molecule has 1 aromatic heterocycles. The Bertz CT molecular complexity index is 1110. The van der Waals surface area contributed by atoms with Crippen LogP contribution >= 0.6 is 0 Å². The maximum absolute atomic E-state index is 5.82. The largest absolute Gasteiger partial charge is 0.319 e. The summed E-state index contributed by atoms with van der Waals surface area (Å²) in [5.41, 5.74) is 26.9. The summed E-state index contributed by atoms with van der Waals surface area (Å²) in [6.45, 7) is 2.65. The molecule has 7 N–H and O–H groups in total. The van der Waals surface area contributed by atoms with Crippen LogP contribution in [0.25, 0.3) is 22.4 Å². The van der Waals surface area contributed by atoms with E-state index in [2.05, 4.69) is 36.6 Å². The molecule has 4 rings (SSSR count). The molecule has 0 spiro atoms. The highest BCUT2D eigenvalue weighted by Gasteiger charge is 2.16. The molecule has 0 saturated carbocycles. The van der Waals surface area contributed by atoms with Crippen molar-refractivity contribution in [3.8, 4) is 11.4 Å². The van der Waals surface area contributed by atoms with E-state index < -0.39 is 5.79 Å². The standard InChI is InChI=1S/C22H24N6/c1-15-9-11-17(12-10-15)21-27-19-7-2-3-8-20(19)28(21)26-14-16-5-4-6-18(13-16)22(23,24)25/h2-13,26H,14,23-25H2,1H3. The SMILES string of the molecule is Cc1ccc(-c2nc3ccccc3n2NCc2cccc(C(N)(N)N)c2)cc1. The van der Waals surface area contributed by atoms with Gasteiger partial charge in [-0.05, 0) is 30.7 Å². The lowest BCUT2D eigenvalue weighted by Gasteiger charge is -2.20. The molecule has 6 heteroatoms. The van der Waals surface area contributed by atoms with Crippen molar-refractivity contribution in [3.63, 3.8) is 0 Å². The average molecular weight is 372 g/mol. The first-order valence-corrected chi connectivity index (χ1v) is 9.16. The Kier molecular flexibility index (Phi) is 4.60. The van der Waals surface area contributed by atoms with Gasteiger partial charge in [0.25, 0.3) is 0 Å². The molecule has 0 aliphatic heterocycles. The highest BCUT2D eigenvalue weighted by Crippen LogP contribution is 2.24. The van der Waals surface area contributed by atoms with Crippen molar-refractivity contribution >= 4 is 11.0 Å². The van der Waals surface area contributed by atoms with Crippen LogP contribution in [0.15, 0.2) is 72.8 Å². The number of benzene rings is 3. The summed E-state index contributed by atoms with van der Waals surface area (Å²) < 4.78 is 2.02. The van der Waals surface area contributed by atoms with Gasteiger partial charge >= 0.3 is 0 Å². The second kappa shape index (κ2) is 7.09. The zero-order valence-corrected chi connectivity index (χ0v) is 15.8. The van der Waals surface area contributed by atoms with Crippen molar-refractivity contribution in [1.29, 1.82) is 0 Å². The Morgan fingerprint density at radius 3 is 2.43 bits per heavy atom. The normalized spacial score (nSPS) is 11.7. The van der Waals surface area contributed by atoms with Crippen LogP contribution in [0.2, 0.25) is 0 Å². The number of imidazole rings is 1.